The molecule has 0 aromatic carbocycles. The minimum absolute atomic E-state index is 0.436. The van der Waals surface area contributed by atoms with Crippen molar-refractivity contribution in [1.29, 1.82) is 0 Å². The van der Waals surface area contributed by atoms with E-state index in [4.69, 9.17) is 4.98 Å². The smallest absolute Gasteiger partial charge is 0.137 e. The van der Waals surface area contributed by atoms with Crippen LogP contribution in [0.25, 0.3) is 0 Å². The predicted molar refractivity (Wildman–Crippen MR) is 88.6 cm³/mol. The van der Waals surface area contributed by atoms with Crippen molar-refractivity contribution in [1.82, 2.24) is 24.7 Å². The Morgan fingerprint density at radius 3 is 2.83 bits per heavy atom. The number of anilines is 1. The van der Waals surface area contributed by atoms with Gasteiger partial charge < -0.3 is 9.47 Å². The van der Waals surface area contributed by atoms with Crippen LogP contribution in [-0.2, 0) is 19.9 Å². The first-order valence-corrected chi connectivity index (χ1v) is 8.67. The van der Waals surface area contributed by atoms with Gasteiger partial charge in [0.2, 0.25) is 0 Å². The van der Waals surface area contributed by atoms with Crippen LogP contribution < -0.4 is 4.90 Å². The number of aromatic nitrogens is 5. The molecule has 0 amide bonds. The molecule has 0 bridgehead atoms. The molecular formula is C17H24N6. The van der Waals surface area contributed by atoms with Crippen LogP contribution in [0.4, 0.5) is 5.82 Å². The van der Waals surface area contributed by atoms with E-state index in [-0.39, 0.29) is 0 Å². The molecule has 2 aromatic rings. The van der Waals surface area contributed by atoms with Crippen molar-refractivity contribution in [3.8, 4) is 0 Å². The fraction of sp³-hybridized carbons (Fsp3) is 0.647. The lowest BCUT2D eigenvalue weighted by molar-refractivity contribution is 0.475. The molecule has 0 radical (unpaired) electrons. The van der Waals surface area contributed by atoms with Gasteiger partial charge in [-0.25, -0.2) is 9.97 Å². The highest BCUT2D eigenvalue weighted by molar-refractivity contribution is 5.51. The third-order valence-corrected chi connectivity index (χ3v) is 5.11. The highest BCUT2D eigenvalue weighted by Gasteiger charge is 2.28. The monoisotopic (exact) mass is 312 g/mol. The van der Waals surface area contributed by atoms with Gasteiger partial charge in [-0.15, -0.1) is 10.2 Å². The average molecular weight is 312 g/mol. The Morgan fingerprint density at radius 1 is 1.13 bits per heavy atom. The van der Waals surface area contributed by atoms with Crippen molar-refractivity contribution < 1.29 is 0 Å². The van der Waals surface area contributed by atoms with Crippen molar-refractivity contribution in [2.24, 2.45) is 7.05 Å². The third kappa shape index (κ3) is 2.71. The minimum atomic E-state index is 0.436. The second kappa shape index (κ2) is 5.91. The van der Waals surface area contributed by atoms with Crippen LogP contribution in [0.15, 0.2) is 6.33 Å². The molecule has 4 rings (SSSR count). The molecule has 2 aromatic heterocycles. The fourth-order valence-electron chi connectivity index (χ4n) is 4.00. The van der Waals surface area contributed by atoms with Gasteiger partial charge in [0, 0.05) is 37.3 Å². The summed E-state index contributed by atoms with van der Waals surface area (Å²) in [6, 6.07) is 0. The van der Waals surface area contributed by atoms with Crippen molar-refractivity contribution in [3.63, 3.8) is 0 Å². The molecule has 1 atom stereocenters. The van der Waals surface area contributed by atoms with E-state index in [2.05, 4.69) is 24.6 Å². The maximum Gasteiger partial charge on any atom is 0.137 e. The molecule has 1 aliphatic heterocycles. The lowest BCUT2D eigenvalue weighted by Gasteiger charge is -2.35. The summed E-state index contributed by atoms with van der Waals surface area (Å²) < 4.78 is 2.05. The molecule has 2 aliphatic rings. The summed E-state index contributed by atoms with van der Waals surface area (Å²) in [5.74, 6) is 3.61. The topological polar surface area (TPSA) is 59.7 Å². The van der Waals surface area contributed by atoms with E-state index in [1.54, 1.807) is 6.33 Å². The SMILES string of the molecule is Cc1nc2c(c(N3CCC[C@@H](c4nncn4C)C3)n1)CCCC2. The summed E-state index contributed by atoms with van der Waals surface area (Å²) in [6.07, 6.45) is 8.88. The van der Waals surface area contributed by atoms with E-state index in [1.165, 1.54) is 42.8 Å². The number of nitrogens with zero attached hydrogens (tertiary/aromatic N) is 6. The molecule has 6 nitrogen and oxygen atoms in total. The standard InChI is InChI=1S/C17H24N6/c1-12-19-15-8-4-3-7-14(15)17(20-12)23-9-5-6-13(10-23)16-21-18-11-22(16)2/h11,13H,3-10H2,1-2H3/t13-/m1/s1. The fourth-order valence-corrected chi connectivity index (χ4v) is 4.00. The van der Waals surface area contributed by atoms with E-state index in [9.17, 15) is 0 Å². The van der Waals surface area contributed by atoms with Crippen LogP contribution in [0.5, 0.6) is 0 Å². The van der Waals surface area contributed by atoms with Gasteiger partial charge >= 0.3 is 0 Å². The molecule has 0 unspecified atom stereocenters. The molecule has 1 aliphatic carbocycles. The van der Waals surface area contributed by atoms with Gasteiger partial charge in [0.15, 0.2) is 0 Å². The minimum Gasteiger partial charge on any atom is -0.356 e. The van der Waals surface area contributed by atoms with Crippen LogP contribution in [0.2, 0.25) is 0 Å². The van der Waals surface area contributed by atoms with Gasteiger partial charge in [-0.3, -0.25) is 0 Å². The van der Waals surface area contributed by atoms with E-state index < -0.39 is 0 Å². The van der Waals surface area contributed by atoms with Crippen molar-refractivity contribution in [3.05, 3.63) is 29.2 Å². The highest BCUT2D eigenvalue weighted by atomic mass is 15.3. The highest BCUT2D eigenvalue weighted by Crippen LogP contribution is 2.33. The van der Waals surface area contributed by atoms with Gasteiger partial charge in [-0.05, 0) is 45.4 Å². The largest absolute Gasteiger partial charge is 0.356 e. The van der Waals surface area contributed by atoms with E-state index >= 15 is 0 Å². The second-order valence-electron chi connectivity index (χ2n) is 6.81. The van der Waals surface area contributed by atoms with Crippen molar-refractivity contribution in [2.75, 3.05) is 18.0 Å². The Balaban J connectivity index is 1.65. The van der Waals surface area contributed by atoms with Crippen LogP contribution in [0.3, 0.4) is 0 Å². The van der Waals surface area contributed by atoms with E-state index in [0.717, 1.165) is 37.6 Å². The van der Waals surface area contributed by atoms with Crippen LogP contribution in [0, 0.1) is 6.92 Å². The Morgan fingerprint density at radius 2 is 2.00 bits per heavy atom. The van der Waals surface area contributed by atoms with Crippen molar-refractivity contribution in [2.45, 2.75) is 51.4 Å². The Labute approximate surface area is 137 Å². The van der Waals surface area contributed by atoms with Crippen LogP contribution in [-0.4, -0.2) is 37.8 Å². The number of rotatable bonds is 2. The van der Waals surface area contributed by atoms with Gasteiger partial charge in [0.05, 0.1) is 0 Å². The number of fused-ring (bicyclic) bond motifs is 1. The van der Waals surface area contributed by atoms with E-state index in [1.807, 2.05) is 14.0 Å². The number of hydrogen-bond acceptors (Lipinski definition) is 5. The molecule has 6 heteroatoms. The van der Waals surface area contributed by atoms with Gasteiger partial charge in [0.25, 0.3) is 0 Å². The summed E-state index contributed by atoms with van der Waals surface area (Å²) in [4.78, 5) is 12.0. The normalized spacial score (nSPS) is 21.3. The summed E-state index contributed by atoms with van der Waals surface area (Å²) in [5.41, 5.74) is 2.67. The van der Waals surface area contributed by atoms with Gasteiger partial charge in [0.1, 0.15) is 23.8 Å². The first-order valence-electron chi connectivity index (χ1n) is 8.67. The first-order chi connectivity index (χ1) is 11.2. The molecule has 1 saturated heterocycles. The predicted octanol–water partition coefficient (Wildman–Crippen LogP) is 2.18. The summed E-state index contributed by atoms with van der Waals surface area (Å²) in [7, 11) is 2.03. The Hall–Kier alpha value is -1.98. The summed E-state index contributed by atoms with van der Waals surface area (Å²) in [6.45, 7) is 4.08. The summed E-state index contributed by atoms with van der Waals surface area (Å²) >= 11 is 0. The molecule has 0 N–H and O–H groups in total. The zero-order valence-electron chi connectivity index (χ0n) is 14.0. The lowest BCUT2D eigenvalue weighted by atomic mass is 9.93. The first kappa shape index (κ1) is 14.6. The summed E-state index contributed by atoms with van der Waals surface area (Å²) in [5, 5.41) is 8.37. The Kier molecular flexibility index (Phi) is 3.75. The molecule has 1 fully saturated rings. The Bertz CT molecular complexity index is 707. The molecule has 0 spiro atoms. The quantitative estimate of drug-likeness (QED) is 0.850. The van der Waals surface area contributed by atoms with Crippen LogP contribution >= 0.6 is 0 Å². The molecule has 23 heavy (non-hydrogen) atoms. The number of piperidine rings is 1. The number of aryl methyl sites for hydroxylation is 3. The maximum atomic E-state index is 4.82. The molecule has 122 valence electrons. The third-order valence-electron chi connectivity index (χ3n) is 5.11. The van der Waals surface area contributed by atoms with Crippen LogP contribution in [0.1, 0.15) is 54.5 Å². The molecular weight excluding hydrogens is 288 g/mol. The lowest BCUT2D eigenvalue weighted by Crippen LogP contribution is -2.37. The molecule has 3 heterocycles. The molecule has 0 saturated carbocycles. The van der Waals surface area contributed by atoms with Gasteiger partial charge in [-0.1, -0.05) is 0 Å². The maximum absolute atomic E-state index is 4.82. The van der Waals surface area contributed by atoms with Crippen molar-refractivity contribution >= 4 is 5.82 Å². The zero-order chi connectivity index (χ0) is 15.8. The zero-order valence-corrected chi connectivity index (χ0v) is 14.0. The van der Waals surface area contributed by atoms with E-state index in [0.29, 0.717) is 5.92 Å². The average Bonchev–Trinajstić information content (AvgIpc) is 3.00. The second-order valence-corrected chi connectivity index (χ2v) is 6.81. The van der Waals surface area contributed by atoms with Gasteiger partial charge in [-0.2, -0.15) is 0 Å². The number of hydrogen-bond donors (Lipinski definition) is 0.